The Morgan fingerprint density at radius 3 is 2.28 bits per heavy atom. The fourth-order valence-corrected chi connectivity index (χ4v) is 4.61. The van der Waals surface area contributed by atoms with Crippen molar-refractivity contribution in [3.63, 3.8) is 0 Å². The van der Waals surface area contributed by atoms with Crippen LogP contribution in [0.1, 0.15) is 64.0 Å². The highest BCUT2D eigenvalue weighted by molar-refractivity contribution is 5.91. The summed E-state index contributed by atoms with van der Waals surface area (Å²) in [5, 5.41) is 2.45. The first kappa shape index (κ1) is 27.7. The summed E-state index contributed by atoms with van der Waals surface area (Å²) in [6.45, 7) is 5.53. The van der Waals surface area contributed by atoms with Crippen LogP contribution in [-0.2, 0) is 27.2 Å². The van der Waals surface area contributed by atoms with Crippen molar-refractivity contribution in [3.8, 4) is 0 Å². The first-order valence-electron chi connectivity index (χ1n) is 12.1. The van der Waals surface area contributed by atoms with Crippen molar-refractivity contribution in [1.82, 2.24) is 9.80 Å². The summed E-state index contributed by atoms with van der Waals surface area (Å²) < 4.78 is 57.6. The molecule has 2 fully saturated rings. The average Bonchev–Trinajstić information content (AvgIpc) is 3.27. The Morgan fingerprint density at radius 1 is 1.03 bits per heavy atom. The average molecular weight is 516 g/mol. The molecule has 7 nitrogen and oxygen atoms in total. The zero-order valence-corrected chi connectivity index (χ0v) is 20.8. The molecule has 1 N–H and O–H groups in total. The van der Waals surface area contributed by atoms with Crippen molar-refractivity contribution in [3.05, 3.63) is 29.3 Å². The van der Waals surface area contributed by atoms with Gasteiger partial charge in [-0.25, -0.2) is 9.18 Å². The Labute approximate surface area is 208 Å². The van der Waals surface area contributed by atoms with E-state index >= 15 is 0 Å². The van der Waals surface area contributed by atoms with E-state index < -0.39 is 42.1 Å². The topological polar surface area (TPSA) is 79.0 Å². The molecular weight excluding hydrogens is 482 g/mol. The first-order valence-corrected chi connectivity index (χ1v) is 12.1. The number of nitrogens with zero attached hydrogens (tertiary/aromatic N) is 2. The number of halogens is 4. The summed E-state index contributed by atoms with van der Waals surface area (Å²) in [5.41, 5.74) is -1.95. The molecule has 0 aromatic heterocycles. The third kappa shape index (κ3) is 7.33. The molecule has 1 aromatic rings. The molecule has 2 heterocycles. The fraction of sp³-hybridized carbons (Fsp3) is 0.640. The van der Waals surface area contributed by atoms with Crippen LogP contribution in [0.4, 0.5) is 28.0 Å². The summed E-state index contributed by atoms with van der Waals surface area (Å²) in [4.78, 5) is 41.3. The molecule has 2 saturated heterocycles. The SMILES string of the molecule is CC(C)(C)OC(=O)N1CCC[C@@H]1C(=O)N1CCC(CC(=O)Nc2cc(CF)cc(C(F)(F)F)c2)CC1. The minimum atomic E-state index is -4.65. The smallest absolute Gasteiger partial charge is 0.416 e. The van der Waals surface area contributed by atoms with Gasteiger partial charge >= 0.3 is 12.3 Å². The highest BCUT2D eigenvalue weighted by Crippen LogP contribution is 2.33. The van der Waals surface area contributed by atoms with E-state index in [4.69, 9.17) is 4.74 Å². The summed E-state index contributed by atoms with van der Waals surface area (Å²) in [6, 6.07) is 2.13. The summed E-state index contributed by atoms with van der Waals surface area (Å²) in [5.74, 6) is -0.647. The lowest BCUT2D eigenvalue weighted by molar-refractivity contribution is -0.138. The quantitative estimate of drug-likeness (QED) is 0.551. The molecule has 1 atom stereocenters. The van der Waals surface area contributed by atoms with Gasteiger partial charge in [-0.15, -0.1) is 0 Å². The van der Waals surface area contributed by atoms with Gasteiger partial charge in [-0.1, -0.05) is 0 Å². The highest BCUT2D eigenvalue weighted by atomic mass is 19.4. The zero-order valence-electron chi connectivity index (χ0n) is 20.8. The number of amides is 3. The van der Waals surface area contributed by atoms with E-state index in [1.807, 2.05) is 0 Å². The molecule has 0 bridgehead atoms. The van der Waals surface area contributed by atoms with Crippen LogP contribution in [0.5, 0.6) is 0 Å². The number of rotatable bonds is 5. The Hall–Kier alpha value is -2.85. The Morgan fingerprint density at radius 2 is 1.69 bits per heavy atom. The van der Waals surface area contributed by atoms with Crippen molar-refractivity contribution >= 4 is 23.6 Å². The van der Waals surface area contributed by atoms with E-state index in [1.54, 1.807) is 25.7 Å². The molecule has 0 radical (unpaired) electrons. The van der Waals surface area contributed by atoms with Crippen LogP contribution in [0.2, 0.25) is 0 Å². The molecule has 0 saturated carbocycles. The van der Waals surface area contributed by atoms with Gasteiger partial charge in [0.2, 0.25) is 11.8 Å². The third-order valence-corrected chi connectivity index (χ3v) is 6.32. The lowest BCUT2D eigenvalue weighted by atomic mass is 9.92. The number of alkyl halides is 4. The molecule has 3 rings (SSSR count). The minimum absolute atomic E-state index is 0.0500. The van der Waals surface area contributed by atoms with Crippen molar-refractivity contribution in [1.29, 1.82) is 0 Å². The van der Waals surface area contributed by atoms with Crippen LogP contribution in [-0.4, -0.2) is 59.0 Å². The van der Waals surface area contributed by atoms with Gasteiger partial charge in [0, 0.05) is 31.7 Å². The van der Waals surface area contributed by atoms with Gasteiger partial charge in [0.05, 0.1) is 5.56 Å². The van der Waals surface area contributed by atoms with Crippen LogP contribution in [0, 0.1) is 5.92 Å². The van der Waals surface area contributed by atoms with Crippen molar-refractivity contribution in [2.75, 3.05) is 25.0 Å². The molecule has 36 heavy (non-hydrogen) atoms. The summed E-state index contributed by atoms with van der Waals surface area (Å²) in [6.07, 6.45) is -2.69. The molecule has 0 unspecified atom stereocenters. The summed E-state index contributed by atoms with van der Waals surface area (Å²) in [7, 11) is 0. The standard InChI is InChI=1S/C25H33F4N3O4/c1-24(2,3)36-23(35)32-8-4-5-20(32)22(34)31-9-6-16(7-10-31)13-21(33)30-19-12-17(15-26)11-18(14-19)25(27,28)29/h11-12,14,16,20H,4-10,13,15H2,1-3H3,(H,30,33)/t20-/m1/s1. The number of carbonyl (C=O) groups excluding carboxylic acids is 3. The third-order valence-electron chi connectivity index (χ3n) is 6.32. The summed E-state index contributed by atoms with van der Waals surface area (Å²) >= 11 is 0. The van der Waals surface area contributed by atoms with Gasteiger partial charge in [0.1, 0.15) is 18.3 Å². The van der Waals surface area contributed by atoms with Crippen molar-refractivity contribution < 1.29 is 36.7 Å². The number of nitrogens with one attached hydrogen (secondary N) is 1. The number of piperidine rings is 1. The maximum absolute atomic E-state index is 13.1. The molecule has 200 valence electrons. The molecule has 2 aliphatic heterocycles. The second-order valence-corrected chi connectivity index (χ2v) is 10.4. The molecule has 0 spiro atoms. The molecule has 1 aromatic carbocycles. The number of carbonyl (C=O) groups is 3. The molecule has 3 amide bonds. The molecular formula is C25H33F4N3O4. The van der Waals surface area contributed by atoms with Gasteiger partial charge in [0.25, 0.3) is 0 Å². The number of hydrogen-bond donors (Lipinski definition) is 1. The number of likely N-dealkylation sites (tertiary alicyclic amines) is 2. The lowest BCUT2D eigenvalue weighted by Gasteiger charge is -2.35. The number of anilines is 1. The second-order valence-electron chi connectivity index (χ2n) is 10.4. The van der Waals surface area contributed by atoms with Gasteiger partial charge in [-0.3, -0.25) is 14.5 Å². The first-order chi connectivity index (χ1) is 16.8. The van der Waals surface area contributed by atoms with E-state index in [-0.39, 0.29) is 29.5 Å². The predicted molar refractivity (Wildman–Crippen MR) is 125 cm³/mol. The normalized spacial score (nSPS) is 19.4. The molecule has 11 heteroatoms. The Balaban J connectivity index is 1.52. The van der Waals surface area contributed by atoms with E-state index in [1.165, 1.54) is 11.0 Å². The van der Waals surface area contributed by atoms with E-state index in [9.17, 15) is 31.9 Å². The number of benzene rings is 1. The van der Waals surface area contributed by atoms with Gasteiger partial charge in [0.15, 0.2) is 0 Å². The van der Waals surface area contributed by atoms with Crippen molar-refractivity contribution in [2.24, 2.45) is 5.92 Å². The Kier molecular flexibility index (Phi) is 8.51. The van der Waals surface area contributed by atoms with Gasteiger partial charge < -0.3 is 15.0 Å². The predicted octanol–water partition coefficient (Wildman–Crippen LogP) is 5.14. The number of hydrogen-bond acceptors (Lipinski definition) is 4. The maximum Gasteiger partial charge on any atom is 0.416 e. The molecule has 2 aliphatic rings. The second kappa shape index (κ2) is 11.0. The van der Waals surface area contributed by atoms with Gasteiger partial charge in [-0.05, 0) is 76.1 Å². The van der Waals surface area contributed by atoms with Crippen LogP contribution in [0.3, 0.4) is 0 Å². The van der Waals surface area contributed by atoms with Crippen LogP contribution < -0.4 is 5.32 Å². The van der Waals surface area contributed by atoms with Crippen LogP contribution in [0.15, 0.2) is 18.2 Å². The van der Waals surface area contributed by atoms with Crippen LogP contribution in [0.25, 0.3) is 0 Å². The Bertz CT molecular complexity index is 969. The maximum atomic E-state index is 13.1. The lowest BCUT2D eigenvalue weighted by Crippen LogP contribution is -2.51. The number of ether oxygens (including phenoxy) is 1. The monoisotopic (exact) mass is 515 g/mol. The largest absolute Gasteiger partial charge is 0.444 e. The minimum Gasteiger partial charge on any atom is -0.444 e. The van der Waals surface area contributed by atoms with Crippen LogP contribution >= 0.6 is 0 Å². The zero-order chi connectivity index (χ0) is 26.7. The fourth-order valence-electron chi connectivity index (χ4n) is 4.61. The van der Waals surface area contributed by atoms with Gasteiger partial charge in [-0.2, -0.15) is 13.2 Å². The molecule has 0 aliphatic carbocycles. The van der Waals surface area contributed by atoms with Crippen molar-refractivity contribution in [2.45, 2.75) is 77.4 Å². The van der Waals surface area contributed by atoms with E-state index in [0.717, 1.165) is 12.1 Å². The van der Waals surface area contributed by atoms with E-state index in [0.29, 0.717) is 45.3 Å². The van der Waals surface area contributed by atoms with E-state index in [2.05, 4.69) is 5.32 Å². The highest BCUT2D eigenvalue weighted by Gasteiger charge is 2.39.